The molecule has 10 heavy (non-hydrogen) atoms. The van der Waals surface area contributed by atoms with E-state index in [2.05, 4.69) is 0 Å². The van der Waals surface area contributed by atoms with Crippen molar-refractivity contribution in [2.24, 2.45) is 0 Å². The molecule has 0 atom stereocenters. The van der Waals surface area contributed by atoms with Gasteiger partial charge in [-0.15, -0.1) is 0 Å². The first-order valence-electron chi connectivity index (χ1n) is 2.92. The van der Waals surface area contributed by atoms with E-state index < -0.39 is 14.9 Å². The van der Waals surface area contributed by atoms with Crippen molar-refractivity contribution in [2.45, 2.75) is 24.0 Å². The summed E-state index contributed by atoms with van der Waals surface area (Å²) in [6.45, 7) is 0. The average Bonchev–Trinajstić information content (AvgIpc) is 2.45. The number of carbonyl (C=O) groups is 1. The SMILES string of the molecule is O=CCC1(S(=O)(=O)O)CC1. The largest absolute Gasteiger partial charge is 0.303 e. The highest BCUT2D eigenvalue weighted by atomic mass is 32.2. The highest BCUT2D eigenvalue weighted by Crippen LogP contribution is 2.45. The maximum absolute atomic E-state index is 10.5. The summed E-state index contributed by atoms with van der Waals surface area (Å²) in [6.07, 6.45) is 1.27. The molecule has 0 aromatic carbocycles. The van der Waals surface area contributed by atoms with Gasteiger partial charge >= 0.3 is 0 Å². The summed E-state index contributed by atoms with van der Waals surface area (Å²) in [4.78, 5) is 9.93. The van der Waals surface area contributed by atoms with E-state index in [0.717, 1.165) is 0 Å². The van der Waals surface area contributed by atoms with Gasteiger partial charge in [0.1, 0.15) is 11.0 Å². The molecule has 0 unspecified atom stereocenters. The third kappa shape index (κ3) is 1.06. The third-order valence-electron chi connectivity index (χ3n) is 1.81. The first-order valence-corrected chi connectivity index (χ1v) is 4.36. The van der Waals surface area contributed by atoms with Gasteiger partial charge in [-0.2, -0.15) is 8.42 Å². The summed E-state index contributed by atoms with van der Waals surface area (Å²) in [5.41, 5.74) is 0. The van der Waals surface area contributed by atoms with Gasteiger partial charge in [0.05, 0.1) is 0 Å². The van der Waals surface area contributed by atoms with Crippen LogP contribution in [0.3, 0.4) is 0 Å². The Hall–Kier alpha value is -0.420. The lowest BCUT2D eigenvalue weighted by atomic mass is 10.3. The second kappa shape index (κ2) is 2.03. The summed E-state index contributed by atoms with van der Waals surface area (Å²) in [6, 6.07) is 0. The topological polar surface area (TPSA) is 71.4 Å². The molecule has 1 saturated carbocycles. The highest BCUT2D eigenvalue weighted by molar-refractivity contribution is 7.87. The van der Waals surface area contributed by atoms with Crippen molar-refractivity contribution in [3.8, 4) is 0 Å². The fraction of sp³-hybridized carbons (Fsp3) is 0.800. The second-order valence-corrected chi connectivity index (χ2v) is 4.35. The second-order valence-electron chi connectivity index (χ2n) is 2.53. The van der Waals surface area contributed by atoms with Crippen LogP contribution in [0.15, 0.2) is 0 Å². The number of hydrogen-bond donors (Lipinski definition) is 1. The van der Waals surface area contributed by atoms with Crippen molar-refractivity contribution in [1.29, 1.82) is 0 Å². The van der Waals surface area contributed by atoms with Crippen molar-refractivity contribution in [3.63, 3.8) is 0 Å². The van der Waals surface area contributed by atoms with E-state index in [1.807, 2.05) is 0 Å². The van der Waals surface area contributed by atoms with Crippen LogP contribution in [0.4, 0.5) is 0 Å². The molecule has 0 aromatic rings. The molecule has 0 heterocycles. The van der Waals surface area contributed by atoms with Gasteiger partial charge in [0.2, 0.25) is 0 Å². The molecule has 0 spiro atoms. The molecule has 58 valence electrons. The Balaban J connectivity index is 2.80. The van der Waals surface area contributed by atoms with Crippen LogP contribution in [0.5, 0.6) is 0 Å². The van der Waals surface area contributed by atoms with Crippen LogP contribution in [0.2, 0.25) is 0 Å². The summed E-state index contributed by atoms with van der Waals surface area (Å²) in [5.74, 6) is 0. The zero-order chi connectivity index (χ0) is 7.83. The Morgan fingerprint density at radius 3 is 2.10 bits per heavy atom. The van der Waals surface area contributed by atoms with Crippen molar-refractivity contribution in [3.05, 3.63) is 0 Å². The van der Waals surface area contributed by atoms with E-state index in [0.29, 0.717) is 19.1 Å². The van der Waals surface area contributed by atoms with E-state index in [1.54, 1.807) is 0 Å². The molecule has 1 N–H and O–H groups in total. The van der Waals surface area contributed by atoms with Crippen LogP contribution < -0.4 is 0 Å². The van der Waals surface area contributed by atoms with Crippen LogP contribution in [0, 0.1) is 0 Å². The predicted molar refractivity (Wildman–Crippen MR) is 34.2 cm³/mol. The Kier molecular flexibility index (Phi) is 1.56. The van der Waals surface area contributed by atoms with Gasteiger partial charge in [0.25, 0.3) is 10.1 Å². The lowest BCUT2D eigenvalue weighted by Crippen LogP contribution is -2.22. The van der Waals surface area contributed by atoms with Crippen molar-refractivity contribution >= 4 is 16.4 Å². The fourth-order valence-corrected chi connectivity index (χ4v) is 1.76. The molecule has 0 radical (unpaired) electrons. The molecule has 0 saturated heterocycles. The first kappa shape index (κ1) is 7.68. The zero-order valence-corrected chi connectivity index (χ0v) is 6.10. The Bertz CT molecular complexity index is 236. The van der Waals surface area contributed by atoms with Gasteiger partial charge < -0.3 is 4.79 Å². The molecule has 0 amide bonds. The molecule has 1 aliphatic carbocycles. The quantitative estimate of drug-likeness (QED) is 0.470. The smallest absolute Gasteiger partial charge is 0.271 e. The minimum Gasteiger partial charge on any atom is -0.303 e. The van der Waals surface area contributed by atoms with Crippen LogP contribution in [0.25, 0.3) is 0 Å². The molecule has 0 aliphatic heterocycles. The molecule has 4 nitrogen and oxygen atoms in total. The molecule has 0 aromatic heterocycles. The van der Waals surface area contributed by atoms with Gasteiger partial charge in [-0.1, -0.05) is 0 Å². The maximum Gasteiger partial charge on any atom is 0.271 e. The molecular formula is C5H8O4S. The van der Waals surface area contributed by atoms with Gasteiger partial charge in [0.15, 0.2) is 0 Å². The number of rotatable bonds is 3. The van der Waals surface area contributed by atoms with Gasteiger partial charge in [-0.05, 0) is 12.8 Å². The van der Waals surface area contributed by atoms with Crippen LogP contribution in [-0.2, 0) is 14.9 Å². The number of carbonyl (C=O) groups excluding carboxylic acids is 1. The minimum absolute atomic E-state index is 0.0775. The zero-order valence-electron chi connectivity index (χ0n) is 5.28. The number of hydrogen-bond acceptors (Lipinski definition) is 3. The Morgan fingerprint density at radius 2 is 2.00 bits per heavy atom. The summed E-state index contributed by atoms with van der Waals surface area (Å²) >= 11 is 0. The van der Waals surface area contributed by atoms with Gasteiger partial charge in [-0.3, -0.25) is 4.55 Å². The van der Waals surface area contributed by atoms with Crippen LogP contribution in [0.1, 0.15) is 19.3 Å². The lowest BCUT2D eigenvalue weighted by molar-refractivity contribution is -0.108. The molecule has 0 bridgehead atoms. The van der Waals surface area contributed by atoms with E-state index in [1.165, 1.54) is 0 Å². The van der Waals surface area contributed by atoms with Crippen LogP contribution in [-0.4, -0.2) is 24.0 Å². The average molecular weight is 164 g/mol. The number of aldehydes is 1. The van der Waals surface area contributed by atoms with Crippen molar-refractivity contribution < 1.29 is 17.8 Å². The lowest BCUT2D eigenvalue weighted by Gasteiger charge is -2.04. The third-order valence-corrected chi connectivity index (χ3v) is 3.48. The standard InChI is InChI=1S/C5H8O4S/c6-4-3-5(1-2-5)10(7,8)9/h4H,1-3H2,(H,7,8,9). The molecule has 1 aliphatic rings. The van der Waals surface area contributed by atoms with E-state index in [-0.39, 0.29) is 6.42 Å². The van der Waals surface area contributed by atoms with E-state index >= 15 is 0 Å². The summed E-state index contributed by atoms with van der Waals surface area (Å²) < 4.78 is 28.5. The Labute approximate surface area is 59.0 Å². The minimum atomic E-state index is -3.98. The maximum atomic E-state index is 10.5. The molecule has 5 heteroatoms. The van der Waals surface area contributed by atoms with E-state index in [9.17, 15) is 13.2 Å². The van der Waals surface area contributed by atoms with Gasteiger partial charge in [0, 0.05) is 6.42 Å². The highest BCUT2D eigenvalue weighted by Gasteiger charge is 2.53. The van der Waals surface area contributed by atoms with Crippen LogP contribution >= 0.6 is 0 Å². The molecular weight excluding hydrogens is 156 g/mol. The predicted octanol–water partition coefficient (Wildman–Crippen LogP) is -0.00420. The molecule has 1 fully saturated rings. The summed E-state index contributed by atoms with van der Waals surface area (Å²) in [5, 5.41) is 0. The Morgan fingerprint density at radius 1 is 1.50 bits per heavy atom. The molecule has 1 rings (SSSR count). The fourth-order valence-electron chi connectivity index (χ4n) is 0.859. The van der Waals surface area contributed by atoms with E-state index in [4.69, 9.17) is 4.55 Å². The monoisotopic (exact) mass is 164 g/mol. The normalized spacial score (nSPS) is 22.1. The van der Waals surface area contributed by atoms with Crippen molar-refractivity contribution in [1.82, 2.24) is 0 Å². The van der Waals surface area contributed by atoms with Gasteiger partial charge in [-0.25, -0.2) is 0 Å². The summed E-state index contributed by atoms with van der Waals surface area (Å²) in [7, 11) is -3.98. The first-order chi connectivity index (χ1) is 4.52. The van der Waals surface area contributed by atoms with Crippen molar-refractivity contribution in [2.75, 3.05) is 0 Å².